The molecule has 13 heteroatoms. The molecule has 7 rings (SSSR count). The molecule has 4 N–H and O–H groups in total. The molecule has 0 saturated heterocycles. The number of carbonyl (C=O) groups is 2. The van der Waals surface area contributed by atoms with E-state index in [1.54, 1.807) is 49.1 Å². The maximum Gasteiger partial charge on any atom is 0.252 e. The van der Waals surface area contributed by atoms with Crippen LogP contribution in [0.4, 0.5) is 8.78 Å². The fourth-order valence-electron chi connectivity index (χ4n) is 6.19. The molecule has 1 atom stereocenters. The number of benzene rings is 3. The van der Waals surface area contributed by atoms with Gasteiger partial charge in [0.15, 0.2) is 0 Å². The smallest absolute Gasteiger partial charge is 0.252 e. The maximum atomic E-state index is 13.4. The van der Waals surface area contributed by atoms with Crippen molar-refractivity contribution in [2.24, 2.45) is 5.41 Å². The molecule has 0 aliphatic heterocycles. The minimum Gasteiger partial charge on any atom is -0.352 e. The van der Waals surface area contributed by atoms with Gasteiger partial charge < -0.3 is 10.6 Å². The van der Waals surface area contributed by atoms with Crippen LogP contribution in [0.5, 0.6) is 0 Å². The lowest BCUT2D eigenvalue weighted by Crippen LogP contribution is -2.36. The van der Waals surface area contributed by atoms with Crippen molar-refractivity contribution in [1.82, 2.24) is 41.0 Å². The Morgan fingerprint density at radius 1 is 0.707 bits per heavy atom. The standard InChI is InChI=1S/C24H20FIN4O.C21H23FN4O/c25-18-9-7-17(8-10-18)23-22(16-11-14-27-15-12-16)21(29-30-23)6-3-13-28-24(31)19-4-1-2-5-20(19)26;1-13(24-20(27)21(2,3)4)18-17(14-9-11-23-12-10-14)19(26-25-18)15-5-7-16(22)8-6-15/h1-2,4-5,7-12,14-15H,3,6,13H2,(H,28,31)(H,29,30);5-13H,1-4H3,(H,24,27)(H,25,26)/t;13-/m.1/s1. The third-order valence-corrected chi connectivity index (χ3v) is 10.2. The number of carbonyl (C=O) groups excluding carboxylic acids is 2. The summed E-state index contributed by atoms with van der Waals surface area (Å²) in [7, 11) is 0. The normalized spacial score (nSPS) is 11.6. The summed E-state index contributed by atoms with van der Waals surface area (Å²) in [4.78, 5) is 33.0. The van der Waals surface area contributed by atoms with Crippen molar-refractivity contribution < 1.29 is 18.4 Å². The zero-order valence-electron chi connectivity index (χ0n) is 32.5. The Labute approximate surface area is 349 Å². The van der Waals surface area contributed by atoms with E-state index in [9.17, 15) is 18.4 Å². The topological polar surface area (TPSA) is 141 Å². The van der Waals surface area contributed by atoms with Gasteiger partial charge in [-0.25, -0.2) is 8.78 Å². The Hall–Kier alpha value is -6.09. The van der Waals surface area contributed by atoms with Crippen LogP contribution in [-0.2, 0) is 11.2 Å². The van der Waals surface area contributed by atoms with E-state index < -0.39 is 5.41 Å². The number of aryl methyl sites for hydroxylation is 1. The number of aromatic nitrogens is 6. The van der Waals surface area contributed by atoms with Crippen LogP contribution in [0.25, 0.3) is 44.8 Å². The molecule has 0 unspecified atom stereocenters. The van der Waals surface area contributed by atoms with E-state index in [0.717, 1.165) is 60.5 Å². The van der Waals surface area contributed by atoms with Crippen molar-refractivity contribution in [3.05, 3.63) is 154 Å². The second-order valence-electron chi connectivity index (χ2n) is 14.6. The molecule has 0 saturated carbocycles. The number of nitrogens with zero attached hydrogens (tertiary/aromatic N) is 4. The van der Waals surface area contributed by atoms with Gasteiger partial charge in [0.1, 0.15) is 23.0 Å². The van der Waals surface area contributed by atoms with Crippen molar-refractivity contribution in [3.63, 3.8) is 0 Å². The van der Waals surface area contributed by atoms with Crippen LogP contribution in [0.2, 0.25) is 0 Å². The molecule has 296 valence electrons. The summed E-state index contributed by atoms with van der Waals surface area (Å²) in [6.07, 6.45) is 8.35. The lowest BCUT2D eigenvalue weighted by Gasteiger charge is -2.22. The first-order valence-electron chi connectivity index (χ1n) is 18.7. The fourth-order valence-corrected chi connectivity index (χ4v) is 6.83. The van der Waals surface area contributed by atoms with E-state index in [0.29, 0.717) is 24.2 Å². The summed E-state index contributed by atoms with van der Waals surface area (Å²) < 4.78 is 27.6. The second kappa shape index (κ2) is 18.9. The minimum atomic E-state index is -0.495. The number of rotatable bonds is 11. The Morgan fingerprint density at radius 2 is 1.22 bits per heavy atom. The summed E-state index contributed by atoms with van der Waals surface area (Å²) >= 11 is 2.16. The predicted molar refractivity (Wildman–Crippen MR) is 230 cm³/mol. The van der Waals surface area contributed by atoms with Gasteiger partial charge in [-0.15, -0.1) is 0 Å². The van der Waals surface area contributed by atoms with Crippen LogP contribution in [0.1, 0.15) is 61.9 Å². The molecule has 58 heavy (non-hydrogen) atoms. The highest BCUT2D eigenvalue weighted by molar-refractivity contribution is 14.1. The number of hydrogen-bond donors (Lipinski definition) is 4. The van der Waals surface area contributed by atoms with Crippen molar-refractivity contribution in [2.45, 2.75) is 46.6 Å². The monoisotopic (exact) mass is 892 g/mol. The Kier molecular flexibility index (Phi) is 13.5. The van der Waals surface area contributed by atoms with Crippen molar-refractivity contribution in [1.29, 1.82) is 0 Å². The van der Waals surface area contributed by atoms with E-state index >= 15 is 0 Å². The summed E-state index contributed by atoms with van der Waals surface area (Å²) in [5.74, 6) is -0.704. The molecule has 4 heterocycles. The van der Waals surface area contributed by atoms with E-state index in [-0.39, 0.29) is 29.5 Å². The van der Waals surface area contributed by atoms with E-state index in [1.807, 2.05) is 76.2 Å². The molecule has 0 fully saturated rings. The summed E-state index contributed by atoms with van der Waals surface area (Å²) in [5.41, 5.74) is 8.78. The third-order valence-electron chi connectivity index (χ3n) is 9.28. The number of H-pyrrole nitrogens is 2. The van der Waals surface area contributed by atoms with Gasteiger partial charge in [-0.05, 0) is 138 Å². The Morgan fingerprint density at radius 3 is 1.78 bits per heavy atom. The fraction of sp³-hybridized carbons (Fsp3) is 0.200. The largest absolute Gasteiger partial charge is 0.352 e. The molecule has 7 aromatic rings. The highest BCUT2D eigenvalue weighted by Crippen LogP contribution is 2.36. The number of hydrogen-bond acceptors (Lipinski definition) is 6. The maximum absolute atomic E-state index is 13.4. The molecule has 3 aromatic carbocycles. The van der Waals surface area contributed by atoms with Crippen LogP contribution in [0.3, 0.4) is 0 Å². The zero-order valence-corrected chi connectivity index (χ0v) is 34.6. The molecular weight excluding hydrogens is 849 g/mol. The van der Waals surface area contributed by atoms with Gasteiger partial charge in [-0.2, -0.15) is 10.2 Å². The van der Waals surface area contributed by atoms with Gasteiger partial charge in [-0.3, -0.25) is 29.8 Å². The van der Waals surface area contributed by atoms with Gasteiger partial charge in [0.25, 0.3) is 5.91 Å². The highest BCUT2D eigenvalue weighted by Gasteiger charge is 2.27. The van der Waals surface area contributed by atoms with Crippen molar-refractivity contribution in [3.8, 4) is 44.8 Å². The molecule has 0 bridgehead atoms. The molecule has 0 spiro atoms. The number of aromatic amines is 2. The van der Waals surface area contributed by atoms with E-state index in [1.165, 1.54) is 24.3 Å². The summed E-state index contributed by atoms with van der Waals surface area (Å²) in [6.45, 7) is 8.07. The lowest BCUT2D eigenvalue weighted by molar-refractivity contribution is -0.129. The van der Waals surface area contributed by atoms with Gasteiger partial charge in [0, 0.05) is 68.3 Å². The van der Waals surface area contributed by atoms with E-state index in [2.05, 4.69) is 63.6 Å². The van der Waals surface area contributed by atoms with Crippen LogP contribution in [0.15, 0.2) is 122 Å². The van der Waals surface area contributed by atoms with Crippen molar-refractivity contribution >= 4 is 34.4 Å². The predicted octanol–water partition coefficient (Wildman–Crippen LogP) is 9.75. The Bertz CT molecular complexity index is 2450. The molecule has 0 aliphatic carbocycles. The van der Waals surface area contributed by atoms with Gasteiger partial charge >= 0.3 is 0 Å². The van der Waals surface area contributed by atoms with E-state index in [4.69, 9.17) is 0 Å². The van der Waals surface area contributed by atoms with Crippen LogP contribution >= 0.6 is 22.6 Å². The lowest BCUT2D eigenvalue weighted by atomic mass is 9.94. The first-order valence-corrected chi connectivity index (χ1v) is 19.8. The number of halogens is 3. The zero-order chi connectivity index (χ0) is 41.2. The molecule has 0 aliphatic rings. The molecule has 0 radical (unpaired) electrons. The van der Waals surface area contributed by atoms with Crippen LogP contribution in [0, 0.1) is 20.6 Å². The van der Waals surface area contributed by atoms with Gasteiger partial charge in [0.2, 0.25) is 5.91 Å². The van der Waals surface area contributed by atoms with Crippen LogP contribution < -0.4 is 10.6 Å². The average molecular weight is 893 g/mol. The quantitative estimate of drug-likeness (QED) is 0.0753. The van der Waals surface area contributed by atoms with Crippen LogP contribution in [-0.4, -0.2) is 48.7 Å². The highest BCUT2D eigenvalue weighted by atomic mass is 127. The number of pyridine rings is 2. The molecular formula is C45H43F2IN8O2. The summed E-state index contributed by atoms with van der Waals surface area (Å²) in [5, 5.41) is 21.2. The summed E-state index contributed by atoms with van der Waals surface area (Å²) in [6, 6.07) is 27.4. The number of amides is 2. The first-order chi connectivity index (χ1) is 27.9. The molecule has 10 nitrogen and oxygen atoms in total. The first kappa shape index (κ1) is 41.5. The number of nitrogens with one attached hydrogen (secondary N) is 4. The average Bonchev–Trinajstić information content (AvgIpc) is 3.86. The Balaban J connectivity index is 0.000000198. The SMILES string of the molecule is C[C@@H](NC(=O)C(C)(C)C)c1[nH]nc(-c2ccc(F)cc2)c1-c1ccncc1.O=C(NCCCc1[nH]nc(-c2ccc(F)cc2)c1-c1ccncc1)c1ccccc1I. The van der Waals surface area contributed by atoms with Gasteiger partial charge in [-0.1, -0.05) is 32.9 Å². The third kappa shape index (κ3) is 10.3. The second-order valence-corrected chi connectivity index (χ2v) is 15.7. The molecule has 4 aromatic heterocycles. The molecule has 2 amide bonds. The van der Waals surface area contributed by atoms with Gasteiger partial charge in [0.05, 0.1) is 17.3 Å². The van der Waals surface area contributed by atoms with Crippen molar-refractivity contribution in [2.75, 3.05) is 6.54 Å². The minimum absolute atomic E-state index is 0.0476.